The Morgan fingerprint density at radius 3 is 2.75 bits per heavy atom. The summed E-state index contributed by atoms with van der Waals surface area (Å²) in [4.78, 5) is 0. The molecule has 0 saturated carbocycles. The molecule has 0 aromatic heterocycles. The van der Waals surface area contributed by atoms with Crippen LogP contribution in [0.3, 0.4) is 0 Å². The molecule has 0 aliphatic carbocycles. The van der Waals surface area contributed by atoms with E-state index in [4.69, 9.17) is 0 Å². The zero-order chi connectivity index (χ0) is 6.24. The molecule has 0 aromatic rings. The Morgan fingerprint density at radius 2 is 2.25 bits per heavy atom. The molecule has 46 valence electrons. The second-order valence-corrected chi connectivity index (χ2v) is 2.67. The Labute approximate surface area is 64.8 Å². The third-order valence-electron chi connectivity index (χ3n) is 0.876. The summed E-state index contributed by atoms with van der Waals surface area (Å²) in [5, 5.41) is 0. The van der Waals surface area contributed by atoms with Gasteiger partial charge in [-0.2, -0.15) is 0 Å². The van der Waals surface area contributed by atoms with Crippen LogP contribution in [-0.2, 0) is 0 Å². The molecule has 0 spiro atoms. The molecule has 0 heterocycles. The quantitative estimate of drug-likeness (QED) is 0.297. The van der Waals surface area contributed by atoms with Crippen molar-refractivity contribution in [3.63, 3.8) is 0 Å². The van der Waals surface area contributed by atoms with E-state index in [1.54, 1.807) is 0 Å². The minimum absolute atomic E-state index is 1.15. The van der Waals surface area contributed by atoms with Crippen molar-refractivity contribution in [1.29, 1.82) is 0 Å². The number of alkyl halides is 1. The first-order valence-corrected chi connectivity index (χ1v) is 4.34. The van der Waals surface area contributed by atoms with Crippen LogP contribution in [0.5, 0.6) is 0 Å². The monoisotopic (exact) mass is 222 g/mol. The van der Waals surface area contributed by atoms with Gasteiger partial charge in [-0.1, -0.05) is 29.2 Å². The maximum atomic E-state index is 3.48. The van der Waals surface area contributed by atoms with Crippen molar-refractivity contribution in [3.05, 3.63) is 18.4 Å². The highest BCUT2D eigenvalue weighted by Crippen LogP contribution is 1.98. The zero-order valence-electron chi connectivity index (χ0n) is 4.99. The van der Waals surface area contributed by atoms with Gasteiger partial charge in [0, 0.05) is 0 Å². The molecule has 0 radical (unpaired) electrons. The van der Waals surface area contributed by atoms with E-state index >= 15 is 0 Å². The first-order chi connectivity index (χ1) is 3.91. The Balaban J connectivity index is 2.82. The lowest BCUT2D eigenvalue weighted by molar-refractivity contribution is 0.831. The molecule has 0 bridgehead atoms. The lowest BCUT2D eigenvalue weighted by Crippen LogP contribution is -1.71. The van der Waals surface area contributed by atoms with E-state index in [9.17, 15) is 0 Å². The van der Waals surface area contributed by atoms with Crippen LogP contribution in [0.4, 0.5) is 0 Å². The van der Waals surface area contributed by atoms with Crippen LogP contribution in [0.2, 0.25) is 0 Å². The topological polar surface area (TPSA) is 0 Å². The van der Waals surface area contributed by atoms with Gasteiger partial charge in [0.15, 0.2) is 0 Å². The van der Waals surface area contributed by atoms with Crippen molar-refractivity contribution in [2.45, 2.75) is 19.3 Å². The fourth-order valence-electron chi connectivity index (χ4n) is 0.443. The highest BCUT2D eigenvalue weighted by atomic mass is 127. The Bertz CT molecular complexity index is 80.4. The van der Waals surface area contributed by atoms with Crippen molar-refractivity contribution < 1.29 is 0 Å². The Morgan fingerprint density at radius 1 is 1.50 bits per heavy atom. The summed E-state index contributed by atoms with van der Waals surface area (Å²) < 4.78 is 1.27. The molecule has 0 aliphatic heterocycles. The molecule has 0 rings (SSSR count). The summed E-state index contributed by atoms with van der Waals surface area (Å²) in [5.41, 5.74) is 2.75. The van der Waals surface area contributed by atoms with Crippen LogP contribution in [0.15, 0.2) is 18.4 Å². The largest absolute Gasteiger partial charge is 0.133 e. The maximum absolute atomic E-state index is 3.48. The van der Waals surface area contributed by atoms with Gasteiger partial charge in [0.1, 0.15) is 0 Å². The fraction of sp³-hybridized carbons (Fsp3) is 0.571. The molecule has 8 heavy (non-hydrogen) atoms. The molecule has 0 nitrogen and oxygen atoms in total. The van der Waals surface area contributed by atoms with Gasteiger partial charge in [-0.3, -0.25) is 0 Å². The van der Waals surface area contributed by atoms with Gasteiger partial charge < -0.3 is 0 Å². The van der Waals surface area contributed by atoms with Crippen LogP contribution in [0.25, 0.3) is 0 Å². The number of unbranched alkanes of at least 4 members (excludes halogenated alkanes) is 2. The summed E-state index contributed by atoms with van der Waals surface area (Å²) in [6.45, 7) is 3.48. The molecule has 0 aromatic carbocycles. The number of allylic oxidation sites excluding steroid dienone is 1. The molecular formula is C7H11I. The molecule has 0 unspecified atom stereocenters. The molecule has 1 heteroatoms. The van der Waals surface area contributed by atoms with Crippen LogP contribution in [0.1, 0.15) is 19.3 Å². The van der Waals surface area contributed by atoms with Gasteiger partial charge >= 0.3 is 0 Å². The normalized spacial score (nSPS) is 8.12. The van der Waals surface area contributed by atoms with Gasteiger partial charge in [-0.25, -0.2) is 0 Å². The van der Waals surface area contributed by atoms with E-state index in [-0.39, 0.29) is 0 Å². The van der Waals surface area contributed by atoms with Crippen LogP contribution < -0.4 is 0 Å². The lowest BCUT2D eigenvalue weighted by Gasteiger charge is -1.86. The van der Waals surface area contributed by atoms with Gasteiger partial charge in [-0.05, 0) is 29.8 Å². The standard InChI is InChI=1S/C7H11I/c1-2-3-4-5-6-7-8/h3H,1,4-7H2. The van der Waals surface area contributed by atoms with Crippen molar-refractivity contribution in [3.8, 4) is 0 Å². The SMILES string of the molecule is C=C=CCCCCI. The van der Waals surface area contributed by atoms with Crippen LogP contribution in [-0.4, -0.2) is 4.43 Å². The molecule has 0 aliphatic rings. The van der Waals surface area contributed by atoms with Gasteiger partial charge in [0.25, 0.3) is 0 Å². The smallest absolute Gasteiger partial charge is 0.000461 e. The van der Waals surface area contributed by atoms with E-state index < -0.39 is 0 Å². The van der Waals surface area contributed by atoms with Gasteiger partial charge in [0.05, 0.1) is 0 Å². The Kier molecular flexibility index (Phi) is 7.48. The third-order valence-corrected chi connectivity index (χ3v) is 1.64. The highest BCUT2D eigenvalue weighted by Gasteiger charge is 1.79. The van der Waals surface area contributed by atoms with Crippen LogP contribution in [0, 0.1) is 0 Å². The molecule has 0 atom stereocenters. The first-order valence-electron chi connectivity index (χ1n) is 2.82. The van der Waals surface area contributed by atoms with Gasteiger partial charge in [0.2, 0.25) is 0 Å². The van der Waals surface area contributed by atoms with E-state index in [0.717, 1.165) is 6.42 Å². The molecule has 0 N–H and O–H groups in total. The third kappa shape index (κ3) is 6.25. The van der Waals surface area contributed by atoms with E-state index in [1.165, 1.54) is 17.3 Å². The summed E-state index contributed by atoms with van der Waals surface area (Å²) in [6, 6.07) is 0. The predicted octanol–water partition coefficient (Wildman–Crippen LogP) is 2.93. The summed E-state index contributed by atoms with van der Waals surface area (Å²) in [7, 11) is 0. The molecule has 0 saturated heterocycles. The lowest BCUT2D eigenvalue weighted by atomic mass is 10.2. The molecular weight excluding hydrogens is 211 g/mol. The number of rotatable bonds is 4. The minimum atomic E-state index is 1.15. The molecule has 0 amide bonds. The second-order valence-electron chi connectivity index (χ2n) is 1.59. The maximum Gasteiger partial charge on any atom is -0.000461 e. The predicted molar refractivity (Wildman–Crippen MR) is 46.4 cm³/mol. The fourth-order valence-corrected chi connectivity index (χ4v) is 0.982. The van der Waals surface area contributed by atoms with Gasteiger partial charge in [-0.15, -0.1) is 5.73 Å². The average molecular weight is 222 g/mol. The minimum Gasteiger partial charge on any atom is -0.133 e. The summed E-state index contributed by atoms with van der Waals surface area (Å²) in [6.07, 6.45) is 5.74. The van der Waals surface area contributed by atoms with E-state index in [0.29, 0.717) is 0 Å². The van der Waals surface area contributed by atoms with E-state index in [2.05, 4.69) is 34.9 Å². The van der Waals surface area contributed by atoms with Crippen molar-refractivity contribution in [1.82, 2.24) is 0 Å². The van der Waals surface area contributed by atoms with Crippen molar-refractivity contribution >= 4 is 22.6 Å². The first kappa shape index (κ1) is 8.25. The van der Waals surface area contributed by atoms with Crippen molar-refractivity contribution in [2.24, 2.45) is 0 Å². The summed E-state index contributed by atoms with van der Waals surface area (Å²) >= 11 is 2.39. The zero-order valence-corrected chi connectivity index (χ0v) is 7.15. The van der Waals surface area contributed by atoms with Crippen molar-refractivity contribution in [2.75, 3.05) is 4.43 Å². The van der Waals surface area contributed by atoms with E-state index in [1.807, 2.05) is 6.08 Å². The highest BCUT2D eigenvalue weighted by molar-refractivity contribution is 14.1. The second kappa shape index (κ2) is 7.25. The molecule has 0 fully saturated rings. The number of halogens is 1. The summed E-state index contributed by atoms with van der Waals surface area (Å²) in [5.74, 6) is 0. The number of hydrogen-bond donors (Lipinski definition) is 0. The average Bonchev–Trinajstić information content (AvgIpc) is 1.81. The number of hydrogen-bond acceptors (Lipinski definition) is 0. The van der Waals surface area contributed by atoms with Crippen LogP contribution >= 0.6 is 22.6 Å². The Hall–Kier alpha value is 0.250.